The first kappa shape index (κ1) is 19.5. The van der Waals surface area contributed by atoms with Crippen LogP contribution in [0.1, 0.15) is 12.0 Å². The summed E-state index contributed by atoms with van der Waals surface area (Å²) in [5.74, 6) is -0.669. The Kier molecular flexibility index (Phi) is 7.22. The molecule has 1 heterocycles. The standard InChI is InChI=1S/C17H23N3O6/c1-18(16(22)20-10-12-24-13-11-20)19(2)17(23)26-25-15(21)9-8-14-6-4-3-5-7-14/h3-7H,8-13H2,1-2H3. The number of carbonyl (C=O) groups excluding carboxylic acids is 3. The van der Waals surface area contributed by atoms with Crippen molar-refractivity contribution in [2.24, 2.45) is 0 Å². The molecule has 2 rings (SSSR count). The molecule has 1 aliphatic rings. The van der Waals surface area contributed by atoms with Gasteiger partial charge >= 0.3 is 18.1 Å². The molecule has 1 saturated heterocycles. The third-order valence-electron chi connectivity index (χ3n) is 3.94. The van der Waals surface area contributed by atoms with E-state index in [2.05, 4.69) is 9.78 Å². The number of morpholine rings is 1. The Morgan fingerprint density at radius 3 is 2.35 bits per heavy atom. The van der Waals surface area contributed by atoms with Crippen molar-refractivity contribution in [3.8, 4) is 0 Å². The van der Waals surface area contributed by atoms with Gasteiger partial charge < -0.3 is 9.64 Å². The van der Waals surface area contributed by atoms with E-state index < -0.39 is 12.1 Å². The minimum absolute atomic E-state index is 0.0730. The van der Waals surface area contributed by atoms with Crippen molar-refractivity contribution in [2.45, 2.75) is 12.8 Å². The van der Waals surface area contributed by atoms with E-state index in [0.29, 0.717) is 32.7 Å². The van der Waals surface area contributed by atoms with E-state index in [1.54, 1.807) is 4.90 Å². The number of nitrogens with zero attached hydrogens (tertiary/aromatic N) is 3. The highest BCUT2D eigenvalue weighted by Gasteiger charge is 2.27. The second kappa shape index (κ2) is 9.62. The Hall–Kier alpha value is -2.81. The van der Waals surface area contributed by atoms with Crippen molar-refractivity contribution in [3.05, 3.63) is 35.9 Å². The number of rotatable bonds is 3. The predicted octanol–water partition coefficient (Wildman–Crippen LogP) is 1.44. The second-order valence-corrected chi connectivity index (χ2v) is 5.72. The van der Waals surface area contributed by atoms with Crippen LogP contribution in [0.25, 0.3) is 0 Å². The number of hydrazine groups is 1. The lowest BCUT2D eigenvalue weighted by Crippen LogP contribution is -2.53. The zero-order valence-electron chi connectivity index (χ0n) is 14.9. The molecule has 142 valence electrons. The summed E-state index contributed by atoms with van der Waals surface area (Å²) in [5.41, 5.74) is 0.976. The first-order chi connectivity index (χ1) is 12.5. The van der Waals surface area contributed by atoms with Gasteiger partial charge in [0, 0.05) is 27.2 Å². The maximum Gasteiger partial charge on any atom is 0.471 e. The molecular weight excluding hydrogens is 342 g/mol. The van der Waals surface area contributed by atoms with Crippen LogP contribution in [0.2, 0.25) is 0 Å². The highest BCUT2D eigenvalue weighted by Crippen LogP contribution is 2.07. The maximum absolute atomic E-state index is 12.3. The topological polar surface area (TPSA) is 88.6 Å². The van der Waals surface area contributed by atoms with Crippen LogP contribution in [-0.2, 0) is 25.7 Å². The van der Waals surface area contributed by atoms with Gasteiger partial charge in [-0.25, -0.2) is 34.2 Å². The average Bonchev–Trinajstić information content (AvgIpc) is 2.70. The summed E-state index contributed by atoms with van der Waals surface area (Å²) in [4.78, 5) is 46.5. The first-order valence-electron chi connectivity index (χ1n) is 8.28. The maximum atomic E-state index is 12.3. The molecule has 0 atom stereocenters. The summed E-state index contributed by atoms with van der Waals surface area (Å²) < 4.78 is 5.18. The molecule has 1 aliphatic heterocycles. The van der Waals surface area contributed by atoms with Crippen LogP contribution in [-0.4, -0.2) is 73.4 Å². The molecule has 0 radical (unpaired) electrons. The molecule has 1 fully saturated rings. The van der Waals surface area contributed by atoms with Gasteiger partial charge in [-0.05, 0) is 12.0 Å². The van der Waals surface area contributed by atoms with Crippen molar-refractivity contribution in [2.75, 3.05) is 40.4 Å². The molecule has 0 aliphatic carbocycles. The monoisotopic (exact) mass is 365 g/mol. The van der Waals surface area contributed by atoms with Crippen LogP contribution in [0.4, 0.5) is 9.59 Å². The van der Waals surface area contributed by atoms with Crippen molar-refractivity contribution in [3.63, 3.8) is 0 Å². The molecule has 0 saturated carbocycles. The fourth-order valence-electron chi connectivity index (χ4n) is 2.28. The summed E-state index contributed by atoms with van der Waals surface area (Å²) in [6, 6.07) is 9.03. The summed E-state index contributed by atoms with van der Waals surface area (Å²) in [5, 5.41) is 2.02. The number of ether oxygens (including phenoxy) is 1. The van der Waals surface area contributed by atoms with E-state index >= 15 is 0 Å². The summed E-state index contributed by atoms with van der Waals surface area (Å²) in [6.45, 7) is 1.79. The molecule has 1 aromatic carbocycles. The van der Waals surface area contributed by atoms with Gasteiger partial charge in [-0.2, -0.15) is 0 Å². The quantitative estimate of drug-likeness (QED) is 0.595. The average molecular weight is 365 g/mol. The van der Waals surface area contributed by atoms with Gasteiger partial charge in [0.1, 0.15) is 0 Å². The molecule has 9 heteroatoms. The minimum Gasteiger partial charge on any atom is -0.378 e. The van der Waals surface area contributed by atoms with Gasteiger partial charge in [-0.3, -0.25) is 0 Å². The summed E-state index contributed by atoms with van der Waals surface area (Å²) >= 11 is 0. The number of carbonyl (C=O) groups is 3. The van der Waals surface area contributed by atoms with Crippen LogP contribution in [0.3, 0.4) is 0 Å². The minimum atomic E-state index is -0.970. The Morgan fingerprint density at radius 1 is 1.04 bits per heavy atom. The summed E-state index contributed by atoms with van der Waals surface area (Å²) in [6.07, 6.45) is -0.423. The van der Waals surface area contributed by atoms with Gasteiger partial charge in [0.15, 0.2) is 0 Å². The molecule has 0 N–H and O–H groups in total. The zero-order chi connectivity index (χ0) is 18.9. The van der Waals surface area contributed by atoms with E-state index in [1.165, 1.54) is 14.1 Å². The van der Waals surface area contributed by atoms with E-state index in [-0.39, 0.29) is 12.5 Å². The summed E-state index contributed by atoms with van der Waals surface area (Å²) in [7, 11) is 2.77. The normalized spacial score (nSPS) is 13.7. The SMILES string of the molecule is CN(C(=O)OOC(=O)CCc1ccccc1)N(C)C(=O)N1CCOCC1. The van der Waals surface area contributed by atoms with Crippen molar-refractivity contribution >= 4 is 18.1 Å². The number of amides is 3. The van der Waals surface area contributed by atoms with Gasteiger partial charge in [0.2, 0.25) is 0 Å². The zero-order valence-corrected chi connectivity index (χ0v) is 14.9. The smallest absolute Gasteiger partial charge is 0.378 e. The van der Waals surface area contributed by atoms with Crippen LogP contribution in [0, 0.1) is 0 Å². The molecule has 1 aromatic rings. The largest absolute Gasteiger partial charge is 0.471 e. The van der Waals surface area contributed by atoms with E-state index in [1.807, 2.05) is 30.3 Å². The van der Waals surface area contributed by atoms with Crippen LogP contribution in [0.5, 0.6) is 0 Å². The number of urea groups is 1. The highest BCUT2D eigenvalue weighted by atomic mass is 17.2. The first-order valence-corrected chi connectivity index (χ1v) is 8.28. The lowest BCUT2D eigenvalue weighted by Gasteiger charge is -2.34. The Labute approximate surface area is 151 Å². The molecule has 0 bridgehead atoms. The van der Waals surface area contributed by atoms with Crippen molar-refractivity contribution in [1.29, 1.82) is 0 Å². The Morgan fingerprint density at radius 2 is 1.69 bits per heavy atom. The third-order valence-corrected chi connectivity index (χ3v) is 3.94. The number of hydrogen-bond acceptors (Lipinski definition) is 6. The van der Waals surface area contributed by atoms with Crippen LogP contribution < -0.4 is 0 Å². The number of hydrogen-bond donors (Lipinski definition) is 0. The van der Waals surface area contributed by atoms with E-state index in [4.69, 9.17) is 4.74 Å². The van der Waals surface area contributed by atoms with Crippen LogP contribution in [0.15, 0.2) is 30.3 Å². The lowest BCUT2D eigenvalue weighted by atomic mass is 10.1. The van der Waals surface area contributed by atoms with E-state index in [0.717, 1.165) is 15.6 Å². The molecule has 26 heavy (non-hydrogen) atoms. The number of aryl methyl sites for hydroxylation is 1. The molecule has 3 amide bonds. The van der Waals surface area contributed by atoms with Crippen molar-refractivity contribution in [1.82, 2.24) is 14.9 Å². The molecule has 0 unspecified atom stereocenters. The Balaban J connectivity index is 1.73. The van der Waals surface area contributed by atoms with Gasteiger partial charge in [-0.1, -0.05) is 30.3 Å². The van der Waals surface area contributed by atoms with E-state index in [9.17, 15) is 14.4 Å². The van der Waals surface area contributed by atoms with Gasteiger partial charge in [0.25, 0.3) is 0 Å². The molecule has 9 nitrogen and oxygen atoms in total. The van der Waals surface area contributed by atoms with Crippen molar-refractivity contribution < 1.29 is 28.9 Å². The Bertz CT molecular complexity index is 618. The fourth-order valence-corrected chi connectivity index (χ4v) is 2.28. The third kappa shape index (κ3) is 5.62. The molecule has 0 spiro atoms. The molecular formula is C17H23N3O6. The second-order valence-electron chi connectivity index (χ2n) is 5.72. The van der Waals surface area contributed by atoms with Crippen LogP contribution >= 0.6 is 0 Å². The van der Waals surface area contributed by atoms with Gasteiger partial charge in [0.05, 0.1) is 19.6 Å². The lowest BCUT2D eigenvalue weighted by molar-refractivity contribution is -0.240. The molecule has 0 aromatic heterocycles. The fraction of sp³-hybridized carbons (Fsp3) is 0.471. The predicted molar refractivity (Wildman–Crippen MR) is 90.7 cm³/mol. The number of benzene rings is 1. The van der Waals surface area contributed by atoms with Gasteiger partial charge in [-0.15, -0.1) is 0 Å². The highest BCUT2D eigenvalue weighted by molar-refractivity contribution is 5.78.